The molecule has 2 aromatic heterocycles. The van der Waals surface area contributed by atoms with Gasteiger partial charge in [0, 0.05) is 12.1 Å². The molecule has 0 saturated heterocycles. The normalized spacial score (nSPS) is 16.2. The lowest BCUT2D eigenvalue weighted by Crippen LogP contribution is -2.40. The Morgan fingerprint density at radius 1 is 1.19 bits per heavy atom. The van der Waals surface area contributed by atoms with E-state index in [1.807, 2.05) is 37.3 Å². The first-order chi connectivity index (χ1) is 12.7. The number of furan rings is 1. The molecule has 26 heavy (non-hydrogen) atoms. The lowest BCUT2D eigenvalue weighted by Gasteiger charge is -2.18. The van der Waals surface area contributed by atoms with Crippen molar-refractivity contribution in [2.75, 3.05) is 0 Å². The number of hydrogen-bond donors (Lipinski definition) is 1. The van der Waals surface area contributed by atoms with Gasteiger partial charge in [-0.3, -0.25) is 4.79 Å². The molecule has 1 fully saturated rings. The van der Waals surface area contributed by atoms with E-state index in [1.54, 1.807) is 12.3 Å². The van der Waals surface area contributed by atoms with E-state index in [1.165, 1.54) is 5.56 Å². The lowest BCUT2D eigenvalue weighted by atomic mass is 9.99. The van der Waals surface area contributed by atoms with Gasteiger partial charge in [0.15, 0.2) is 5.76 Å². The summed E-state index contributed by atoms with van der Waals surface area (Å²) in [5.74, 6) is 1.22. The third-order valence-electron chi connectivity index (χ3n) is 5.04. The number of benzene rings is 1. The number of hydrogen-bond acceptors (Lipinski definition) is 4. The molecule has 1 N–H and O–H groups in total. The van der Waals surface area contributed by atoms with Gasteiger partial charge < -0.3 is 14.3 Å². The predicted octanol–water partition coefficient (Wildman–Crippen LogP) is 4.10. The summed E-state index contributed by atoms with van der Waals surface area (Å²) in [6, 6.07) is 15.9. The zero-order valence-corrected chi connectivity index (χ0v) is 14.8. The Kier molecular flexibility index (Phi) is 4.37. The van der Waals surface area contributed by atoms with Gasteiger partial charge in [0.2, 0.25) is 11.7 Å². The minimum absolute atomic E-state index is 0.0392. The second-order valence-electron chi connectivity index (χ2n) is 7.03. The summed E-state index contributed by atoms with van der Waals surface area (Å²) < 4.78 is 10.7. The molecule has 0 radical (unpaired) electrons. The van der Waals surface area contributed by atoms with Crippen molar-refractivity contribution in [1.82, 2.24) is 10.5 Å². The van der Waals surface area contributed by atoms with E-state index in [9.17, 15) is 4.79 Å². The Labute approximate surface area is 152 Å². The van der Waals surface area contributed by atoms with Gasteiger partial charge in [-0.1, -0.05) is 35.5 Å². The molecule has 5 heteroatoms. The summed E-state index contributed by atoms with van der Waals surface area (Å²) in [7, 11) is 0. The number of aromatic nitrogens is 1. The monoisotopic (exact) mass is 350 g/mol. The summed E-state index contributed by atoms with van der Waals surface area (Å²) in [4.78, 5) is 12.8. The van der Waals surface area contributed by atoms with E-state index in [-0.39, 0.29) is 11.9 Å². The fourth-order valence-electron chi connectivity index (χ4n) is 3.22. The van der Waals surface area contributed by atoms with Crippen LogP contribution < -0.4 is 5.32 Å². The number of carbonyl (C=O) groups is 1. The molecule has 5 nitrogen and oxygen atoms in total. The molecule has 1 amide bonds. The van der Waals surface area contributed by atoms with Crippen LogP contribution in [0.2, 0.25) is 0 Å². The zero-order valence-electron chi connectivity index (χ0n) is 14.8. The molecule has 2 heterocycles. The van der Waals surface area contributed by atoms with Gasteiger partial charge >= 0.3 is 0 Å². The molecule has 1 atom stereocenters. The van der Waals surface area contributed by atoms with E-state index < -0.39 is 5.41 Å². The van der Waals surface area contributed by atoms with Crippen molar-refractivity contribution in [1.29, 1.82) is 0 Å². The second-order valence-corrected chi connectivity index (χ2v) is 7.03. The van der Waals surface area contributed by atoms with Crippen LogP contribution in [0.5, 0.6) is 0 Å². The first-order valence-corrected chi connectivity index (χ1v) is 9.03. The molecule has 0 spiro atoms. The van der Waals surface area contributed by atoms with Crippen molar-refractivity contribution in [3.8, 4) is 11.5 Å². The Morgan fingerprint density at radius 3 is 2.69 bits per heavy atom. The minimum Gasteiger partial charge on any atom is -0.461 e. The number of carbonyl (C=O) groups excluding carboxylic acids is 1. The quantitative estimate of drug-likeness (QED) is 0.696. The fraction of sp³-hybridized carbons (Fsp3) is 0.333. The lowest BCUT2D eigenvalue weighted by molar-refractivity contribution is -0.124. The van der Waals surface area contributed by atoms with Crippen molar-refractivity contribution in [2.24, 2.45) is 0 Å². The maximum atomic E-state index is 12.8. The van der Waals surface area contributed by atoms with Crippen LogP contribution in [0.3, 0.4) is 0 Å². The fourth-order valence-corrected chi connectivity index (χ4v) is 3.22. The van der Waals surface area contributed by atoms with Gasteiger partial charge in [-0.15, -0.1) is 0 Å². The molecule has 1 unspecified atom stereocenters. The molecule has 1 saturated carbocycles. The summed E-state index contributed by atoms with van der Waals surface area (Å²) in [6.07, 6.45) is 5.04. The highest BCUT2D eigenvalue weighted by Crippen LogP contribution is 2.48. The molecule has 0 bridgehead atoms. The first kappa shape index (κ1) is 16.6. The number of rotatable bonds is 7. The molecule has 4 rings (SSSR count). The Morgan fingerprint density at radius 2 is 2.00 bits per heavy atom. The maximum absolute atomic E-state index is 12.8. The molecule has 1 aromatic carbocycles. The Hall–Kier alpha value is -2.82. The Balaban J connectivity index is 1.38. The molecule has 3 aromatic rings. The van der Waals surface area contributed by atoms with Crippen LogP contribution in [0, 0.1) is 0 Å². The van der Waals surface area contributed by atoms with E-state index in [2.05, 4.69) is 22.6 Å². The Bertz CT molecular complexity index is 864. The first-order valence-electron chi connectivity index (χ1n) is 9.03. The van der Waals surface area contributed by atoms with Gasteiger partial charge in [-0.25, -0.2) is 0 Å². The molecule has 1 aliphatic carbocycles. The van der Waals surface area contributed by atoms with Gasteiger partial charge in [0.05, 0.1) is 17.4 Å². The minimum atomic E-state index is -0.546. The molecule has 134 valence electrons. The molecular weight excluding hydrogens is 328 g/mol. The average molecular weight is 350 g/mol. The average Bonchev–Trinajstić information content (AvgIpc) is 3.08. The maximum Gasteiger partial charge on any atom is 0.232 e. The standard InChI is InChI=1S/C21H22N2O3/c1-15(9-10-16-6-3-2-4-7-16)22-20(24)21(11-12-21)19-14-18(26-23-19)17-8-5-13-25-17/h2-8,13-15H,9-12H2,1H3,(H,22,24). The highest BCUT2D eigenvalue weighted by atomic mass is 16.5. The van der Waals surface area contributed by atoms with Crippen LogP contribution in [-0.4, -0.2) is 17.1 Å². The van der Waals surface area contributed by atoms with Crippen LogP contribution in [0.25, 0.3) is 11.5 Å². The third-order valence-corrected chi connectivity index (χ3v) is 5.04. The third kappa shape index (κ3) is 3.29. The highest BCUT2D eigenvalue weighted by Gasteiger charge is 2.54. The number of nitrogens with zero attached hydrogens (tertiary/aromatic N) is 1. The van der Waals surface area contributed by atoms with Crippen molar-refractivity contribution in [2.45, 2.75) is 44.1 Å². The van der Waals surface area contributed by atoms with Crippen molar-refractivity contribution >= 4 is 5.91 Å². The highest BCUT2D eigenvalue weighted by molar-refractivity contribution is 5.91. The van der Waals surface area contributed by atoms with E-state index >= 15 is 0 Å². The van der Waals surface area contributed by atoms with E-state index in [4.69, 9.17) is 8.94 Å². The van der Waals surface area contributed by atoms with Crippen molar-refractivity contribution < 1.29 is 13.7 Å². The van der Waals surface area contributed by atoms with Gasteiger partial charge in [-0.2, -0.15) is 0 Å². The van der Waals surface area contributed by atoms with Crippen molar-refractivity contribution in [3.63, 3.8) is 0 Å². The summed E-state index contributed by atoms with van der Waals surface area (Å²) >= 11 is 0. The molecule has 1 aliphatic rings. The number of nitrogens with one attached hydrogen (secondary N) is 1. The van der Waals surface area contributed by atoms with Crippen LogP contribution in [0.4, 0.5) is 0 Å². The smallest absolute Gasteiger partial charge is 0.232 e. The van der Waals surface area contributed by atoms with Crippen molar-refractivity contribution in [3.05, 3.63) is 66.1 Å². The SMILES string of the molecule is CC(CCc1ccccc1)NC(=O)C1(c2cc(-c3ccco3)on2)CC1. The molecule has 0 aliphatic heterocycles. The number of aryl methyl sites for hydroxylation is 1. The van der Waals surface area contributed by atoms with Crippen LogP contribution >= 0.6 is 0 Å². The molecular formula is C21H22N2O3. The second kappa shape index (κ2) is 6.83. The van der Waals surface area contributed by atoms with Gasteiger partial charge in [0.1, 0.15) is 0 Å². The summed E-state index contributed by atoms with van der Waals surface area (Å²) in [5.41, 5.74) is 1.43. The van der Waals surface area contributed by atoms with Crippen LogP contribution in [0.1, 0.15) is 37.4 Å². The topological polar surface area (TPSA) is 68.3 Å². The van der Waals surface area contributed by atoms with Gasteiger partial charge in [-0.05, 0) is 50.3 Å². The van der Waals surface area contributed by atoms with E-state index in [0.29, 0.717) is 17.2 Å². The zero-order chi connectivity index (χ0) is 18.0. The summed E-state index contributed by atoms with van der Waals surface area (Å²) in [5, 5.41) is 7.28. The van der Waals surface area contributed by atoms with E-state index in [0.717, 1.165) is 25.7 Å². The summed E-state index contributed by atoms with van der Waals surface area (Å²) in [6.45, 7) is 2.05. The predicted molar refractivity (Wildman–Crippen MR) is 97.5 cm³/mol. The van der Waals surface area contributed by atoms with Gasteiger partial charge in [0.25, 0.3) is 0 Å². The number of amides is 1. The van der Waals surface area contributed by atoms with Crippen LogP contribution in [0.15, 0.2) is 63.7 Å². The van der Waals surface area contributed by atoms with Crippen LogP contribution in [-0.2, 0) is 16.6 Å². The largest absolute Gasteiger partial charge is 0.461 e.